The summed E-state index contributed by atoms with van der Waals surface area (Å²) in [5.74, 6) is 0.453. The molecule has 90 valence electrons. The molecule has 0 aliphatic heterocycles. The molecular formula is C13H15NO3. The summed E-state index contributed by atoms with van der Waals surface area (Å²) in [6.45, 7) is 3.79. The van der Waals surface area contributed by atoms with Gasteiger partial charge in [0.25, 0.3) is 5.91 Å². The second-order valence-electron chi connectivity index (χ2n) is 4.09. The number of carbonyl (C=O) groups excluding carboxylic acids is 1. The summed E-state index contributed by atoms with van der Waals surface area (Å²) in [7, 11) is 1.53. The van der Waals surface area contributed by atoms with Crippen LogP contribution in [0.1, 0.15) is 24.4 Å². The lowest BCUT2D eigenvalue weighted by Crippen LogP contribution is -2.30. The fourth-order valence-corrected chi connectivity index (χ4v) is 1.70. The average molecular weight is 233 g/mol. The van der Waals surface area contributed by atoms with Crippen molar-refractivity contribution in [3.63, 3.8) is 0 Å². The minimum atomic E-state index is -0.256. The Hall–Kier alpha value is -1.97. The van der Waals surface area contributed by atoms with Gasteiger partial charge in [0.15, 0.2) is 5.75 Å². The minimum absolute atomic E-state index is 0.0559. The molecule has 2 rings (SSSR count). The highest BCUT2D eigenvalue weighted by atomic mass is 16.5. The number of para-hydroxylation sites is 1. The maximum atomic E-state index is 11.9. The molecule has 0 spiro atoms. The van der Waals surface area contributed by atoms with E-state index in [-0.39, 0.29) is 17.7 Å². The van der Waals surface area contributed by atoms with Crippen LogP contribution in [-0.2, 0) is 0 Å². The van der Waals surface area contributed by atoms with Crippen molar-refractivity contribution < 1.29 is 13.9 Å². The zero-order valence-electron chi connectivity index (χ0n) is 10.1. The van der Waals surface area contributed by atoms with E-state index < -0.39 is 0 Å². The van der Waals surface area contributed by atoms with E-state index >= 15 is 0 Å². The van der Waals surface area contributed by atoms with Crippen LogP contribution in [0.3, 0.4) is 0 Å². The molecule has 0 aliphatic carbocycles. The van der Waals surface area contributed by atoms with Gasteiger partial charge in [-0.15, -0.1) is 0 Å². The number of carbonyl (C=O) groups is 1. The number of rotatable bonds is 3. The van der Waals surface area contributed by atoms with E-state index in [1.165, 1.54) is 7.11 Å². The van der Waals surface area contributed by atoms with Gasteiger partial charge in [-0.05, 0) is 26.0 Å². The summed E-state index contributed by atoms with van der Waals surface area (Å²) in [6, 6.07) is 7.47. The van der Waals surface area contributed by atoms with Gasteiger partial charge in [0.2, 0.25) is 5.76 Å². The van der Waals surface area contributed by atoms with Crippen LogP contribution in [0.4, 0.5) is 0 Å². The standard InChI is InChI=1S/C13H15NO3/c1-8(2)14-13(15)12-11(16-3)9-6-4-5-7-10(9)17-12/h4-8H,1-3H3,(H,14,15). The van der Waals surface area contributed by atoms with E-state index in [1.54, 1.807) is 0 Å². The van der Waals surface area contributed by atoms with Crippen molar-refractivity contribution in [2.75, 3.05) is 7.11 Å². The topological polar surface area (TPSA) is 51.5 Å². The lowest BCUT2D eigenvalue weighted by atomic mass is 10.2. The number of ether oxygens (including phenoxy) is 1. The Morgan fingerprint density at radius 1 is 1.35 bits per heavy atom. The zero-order valence-corrected chi connectivity index (χ0v) is 10.1. The second kappa shape index (κ2) is 4.49. The molecule has 4 nitrogen and oxygen atoms in total. The van der Waals surface area contributed by atoms with Crippen LogP contribution in [0.15, 0.2) is 28.7 Å². The largest absolute Gasteiger partial charge is 0.492 e. The molecule has 1 N–H and O–H groups in total. The molecule has 0 fully saturated rings. The van der Waals surface area contributed by atoms with Gasteiger partial charge >= 0.3 is 0 Å². The van der Waals surface area contributed by atoms with Gasteiger partial charge in [-0.1, -0.05) is 12.1 Å². The van der Waals surface area contributed by atoms with Gasteiger partial charge in [-0.25, -0.2) is 0 Å². The summed E-state index contributed by atoms with van der Waals surface area (Å²) in [6.07, 6.45) is 0. The van der Waals surface area contributed by atoms with Crippen LogP contribution in [0.25, 0.3) is 11.0 Å². The van der Waals surface area contributed by atoms with Gasteiger partial charge in [-0.2, -0.15) is 0 Å². The summed E-state index contributed by atoms with van der Waals surface area (Å²) in [5.41, 5.74) is 0.651. The van der Waals surface area contributed by atoms with Crippen molar-refractivity contribution in [3.8, 4) is 5.75 Å². The summed E-state index contributed by atoms with van der Waals surface area (Å²) in [5, 5.41) is 3.59. The maximum Gasteiger partial charge on any atom is 0.291 e. The Labute approximate surface area is 99.6 Å². The van der Waals surface area contributed by atoms with Crippen molar-refractivity contribution in [3.05, 3.63) is 30.0 Å². The Bertz CT molecular complexity index is 543. The molecule has 1 heterocycles. The van der Waals surface area contributed by atoms with Gasteiger partial charge in [0.1, 0.15) is 5.58 Å². The second-order valence-corrected chi connectivity index (χ2v) is 4.09. The molecule has 4 heteroatoms. The average Bonchev–Trinajstić information content (AvgIpc) is 2.66. The smallest absolute Gasteiger partial charge is 0.291 e. The fraction of sp³-hybridized carbons (Fsp3) is 0.308. The highest BCUT2D eigenvalue weighted by Crippen LogP contribution is 2.32. The summed E-state index contributed by atoms with van der Waals surface area (Å²) in [4.78, 5) is 11.9. The number of fused-ring (bicyclic) bond motifs is 1. The predicted molar refractivity (Wildman–Crippen MR) is 65.4 cm³/mol. The van der Waals surface area contributed by atoms with E-state index in [9.17, 15) is 4.79 Å². The van der Waals surface area contributed by atoms with Crippen LogP contribution in [0.2, 0.25) is 0 Å². The lowest BCUT2D eigenvalue weighted by molar-refractivity contribution is 0.0913. The molecule has 1 amide bonds. The molecule has 0 unspecified atom stereocenters. The fourth-order valence-electron chi connectivity index (χ4n) is 1.70. The van der Waals surface area contributed by atoms with E-state index in [4.69, 9.17) is 9.15 Å². The molecule has 0 aliphatic rings. The maximum absolute atomic E-state index is 11.9. The number of methoxy groups -OCH3 is 1. The lowest BCUT2D eigenvalue weighted by Gasteiger charge is -2.06. The molecule has 17 heavy (non-hydrogen) atoms. The molecular weight excluding hydrogens is 218 g/mol. The molecule has 0 bridgehead atoms. The highest BCUT2D eigenvalue weighted by Gasteiger charge is 2.21. The number of nitrogens with one attached hydrogen (secondary N) is 1. The van der Waals surface area contributed by atoms with E-state index in [2.05, 4.69) is 5.32 Å². The Morgan fingerprint density at radius 3 is 2.71 bits per heavy atom. The molecule has 0 saturated carbocycles. The third-order valence-corrected chi connectivity index (χ3v) is 2.38. The molecule has 1 aromatic carbocycles. The van der Waals surface area contributed by atoms with Crippen molar-refractivity contribution >= 4 is 16.9 Å². The number of benzene rings is 1. The van der Waals surface area contributed by atoms with Crippen molar-refractivity contribution in [1.82, 2.24) is 5.32 Å². The van der Waals surface area contributed by atoms with Crippen LogP contribution >= 0.6 is 0 Å². The van der Waals surface area contributed by atoms with E-state index in [0.717, 1.165) is 5.39 Å². The first-order valence-electron chi connectivity index (χ1n) is 5.50. The predicted octanol–water partition coefficient (Wildman–Crippen LogP) is 2.58. The first kappa shape index (κ1) is 11.5. The summed E-state index contributed by atoms with van der Waals surface area (Å²) < 4.78 is 10.8. The first-order valence-corrected chi connectivity index (χ1v) is 5.50. The minimum Gasteiger partial charge on any atom is -0.492 e. The van der Waals surface area contributed by atoms with Gasteiger partial charge in [0, 0.05) is 6.04 Å². The molecule has 0 radical (unpaired) electrons. The number of amides is 1. The summed E-state index contributed by atoms with van der Waals surface area (Å²) >= 11 is 0. The Balaban J connectivity index is 2.49. The number of hydrogen-bond acceptors (Lipinski definition) is 3. The van der Waals surface area contributed by atoms with E-state index in [1.807, 2.05) is 38.1 Å². The van der Waals surface area contributed by atoms with Gasteiger partial charge in [-0.3, -0.25) is 4.79 Å². The van der Waals surface area contributed by atoms with E-state index in [0.29, 0.717) is 11.3 Å². The van der Waals surface area contributed by atoms with Crippen molar-refractivity contribution in [2.24, 2.45) is 0 Å². The molecule has 1 aromatic heterocycles. The first-order chi connectivity index (χ1) is 8.13. The monoisotopic (exact) mass is 233 g/mol. The Morgan fingerprint density at radius 2 is 2.06 bits per heavy atom. The van der Waals surface area contributed by atoms with Gasteiger partial charge in [0.05, 0.1) is 12.5 Å². The van der Waals surface area contributed by atoms with Crippen LogP contribution in [-0.4, -0.2) is 19.1 Å². The Kier molecular flexibility index (Phi) is 3.04. The highest BCUT2D eigenvalue weighted by molar-refractivity contribution is 6.01. The van der Waals surface area contributed by atoms with Crippen molar-refractivity contribution in [2.45, 2.75) is 19.9 Å². The number of furan rings is 1. The van der Waals surface area contributed by atoms with Crippen LogP contribution < -0.4 is 10.1 Å². The zero-order chi connectivity index (χ0) is 12.4. The van der Waals surface area contributed by atoms with Crippen LogP contribution in [0.5, 0.6) is 5.75 Å². The number of hydrogen-bond donors (Lipinski definition) is 1. The quantitative estimate of drug-likeness (QED) is 0.886. The third-order valence-electron chi connectivity index (χ3n) is 2.38. The molecule has 0 atom stereocenters. The third kappa shape index (κ3) is 2.11. The normalized spacial score (nSPS) is 10.8. The molecule has 0 saturated heterocycles. The van der Waals surface area contributed by atoms with Crippen molar-refractivity contribution in [1.29, 1.82) is 0 Å². The molecule has 2 aromatic rings. The van der Waals surface area contributed by atoms with Crippen LogP contribution in [0, 0.1) is 0 Å². The van der Waals surface area contributed by atoms with Gasteiger partial charge < -0.3 is 14.5 Å². The SMILES string of the molecule is COc1c(C(=O)NC(C)C)oc2ccccc12.